The maximum atomic E-state index is 12.7. The SMILES string of the molecule is CCC(CCc1ccc(N)cc1)n1c(=O)[nH]c(=O)c2[nH]c(Cc3cscn3)nc21. The summed E-state index contributed by atoms with van der Waals surface area (Å²) in [5, 5.41) is 1.94. The molecule has 0 saturated heterocycles. The highest BCUT2D eigenvalue weighted by molar-refractivity contribution is 7.07. The lowest BCUT2D eigenvalue weighted by Gasteiger charge is -2.18. The van der Waals surface area contributed by atoms with E-state index in [0.29, 0.717) is 23.4 Å². The maximum absolute atomic E-state index is 12.7. The Balaban J connectivity index is 1.68. The van der Waals surface area contributed by atoms with Crippen molar-refractivity contribution in [2.45, 2.75) is 38.6 Å². The van der Waals surface area contributed by atoms with Gasteiger partial charge in [0.1, 0.15) is 11.3 Å². The largest absolute Gasteiger partial charge is 0.399 e. The fraction of sp³-hybridized carbons (Fsp3) is 0.300. The van der Waals surface area contributed by atoms with E-state index in [9.17, 15) is 9.59 Å². The Bertz CT molecular complexity index is 1220. The Kier molecular flexibility index (Phi) is 5.30. The molecule has 150 valence electrons. The summed E-state index contributed by atoms with van der Waals surface area (Å²) in [6, 6.07) is 7.65. The lowest BCUT2D eigenvalue weighted by molar-refractivity contribution is 0.444. The van der Waals surface area contributed by atoms with Crippen LogP contribution in [0.3, 0.4) is 0 Å². The van der Waals surface area contributed by atoms with Crippen molar-refractivity contribution in [1.82, 2.24) is 24.5 Å². The molecule has 0 fully saturated rings. The second-order valence-corrected chi connectivity index (χ2v) is 7.73. The molecule has 9 heteroatoms. The van der Waals surface area contributed by atoms with Crippen LogP contribution in [0.1, 0.15) is 42.9 Å². The number of imidazole rings is 1. The zero-order chi connectivity index (χ0) is 20.4. The number of aromatic nitrogens is 5. The molecule has 1 unspecified atom stereocenters. The quantitative estimate of drug-likeness (QED) is 0.404. The maximum Gasteiger partial charge on any atom is 0.330 e. The predicted octanol–water partition coefficient (Wildman–Crippen LogP) is 2.63. The first-order chi connectivity index (χ1) is 14.0. The summed E-state index contributed by atoms with van der Waals surface area (Å²) in [6.45, 7) is 2.03. The van der Waals surface area contributed by atoms with Gasteiger partial charge in [-0.05, 0) is 37.0 Å². The minimum absolute atomic E-state index is 0.0881. The first-order valence-corrected chi connectivity index (χ1v) is 10.4. The summed E-state index contributed by atoms with van der Waals surface area (Å²) >= 11 is 1.50. The van der Waals surface area contributed by atoms with Crippen molar-refractivity contribution < 1.29 is 0 Å². The highest BCUT2D eigenvalue weighted by Gasteiger charge is 2.19. The third kappa shape index (κ3) is 4.00. The number of H-pyrrole nitrogens is 2. The monoisotopic (exact) mass is 410 g/mol. The van der Waals surface area contributed by atoms with Gasteiger partial charge in [0.05, 0.1) is 11.2 Å². The van der Waals surface area contributed by atoms with Crippen LogP contribution in [0.15, 0.2) is 44.7 Å². The highest BCUT2D eigenvalue weighted by Crippen LogP contribution is 2.21. The summed E-state index contributed by atoms with van der Waals surface area (Å²) in [5.74, 6) is 0.615. The number of fused-ring (bicyclic) bond motifs is 1. The molecule has 3 heterocycles. The van der Waals surface area contributed by atoms with Crippen molar-refractivity contribution in [3.63, 3.8) is 0 Å². The van der Waals surface area contributed by atoms with Gasteiger partial charge in [0.25, 0.3) is 5.56 Å². The zero-order valence-electron chi connectivity index (χ0n) is 16.0. The minimum Gasteiger partial charge on any atom is -0.399 e. The lowest BCUT2D eigenvalue weighted by atomic mass is 10.0. The average Bonchev–Trinajstić information content (AvgIpc) is 3.36. The number of rotatable bonds is 7. The minimum atomic E-state index is -0.452. The van der Waals surface area contributed by atoms with Gasteiger partial charge in [-0.2, -0.15) is 0 Å². The highest BCUT2D eigenvalue weighted by atomic mass is 32.1. The first-order valence-electron chi connectivity index (χ1n) is 9.50. The standard InChI is InChI=1S/C20H22N6O2S/c1-2-15(8-5-12-3-6-13(21)7-4-12)26-18-17(19(27)25-20(26)28)23-16(24-18)9-14-10-29-11-22-14/h3-4,6-7,10-11,15H,2,5,8-9,21H2,1H3,(H,23,24)(H,25,27,28). The smallest absolute Gasteiger partial charge is 0.330 e. The molecule has 8 nitrogen and oxygen atoms in total. The van der Waals surface area contributed by atoms with Crippen molar-refractivity contribution >= 4 is 28.2 Å². The Morgan fingerprint density at radius 2 is 2.00 bits per heavy atom. The molecule has 0 spiro atoms. The van der Waals surface area contributed by atoms with E-state index in [2.05, 4.69) is 19.9 Å². The fourth-order valence-electron chi connectivity index (χ4n) is 3.51. The topological polar surface area (TPSA) is 122 Å². The molecular formula is C20H22N6O2S. The van der Waals surface area contributed by atoms with Gasteiger partial charge in [0.2, 0.25) is 0 Å². The van der Waals surface area contributed by atoms with Crippen LogP contribution in [0.25, 0.3) is 11.2 Å². The summed E-state index contributed by atoms with van der Waals surface area (Å²) < 4.78 is 1.61. The number of hydrogen-bond donors (Lipinski definition) is 3. The van der Waals surface area contributed by atoms with E-state index in [-0.39, 0.29) is 6.04 Å². The molecule has 0 bridgehead atoms. The molecule has 4 aromatic rings. The summed E-state index contributed by atoms with van der Waals surface area (Å²) in [7, 11) is 0. The number of anilines is 1. The number of benzene rings is 1. The number of nitrogen functional groups attached to an aromatic ring is 1. The zero-order valence-corrected chi connectivity index (χ0v) is 16.8. The number of nitrogens with one attached hydrogen (secondary N) is 2. The molecule has 3 aromatic heterocycles. The van der Waals surface area contributed by atoms with Crippen LogP contribution in [0.5, 0.6) is 0 Å². The summed E-state index contributed by atoms with van der Waals surface area (Å²) in [5.41, 5.74) is 10.1. The molecule has 4 rings (SSSR count). The van der Waals surface area contributed by atoms with E-state index in [1.54, 1.807) is 10.1 Å². The van der Waals surface area contributed by atoms with Crippen LogP contribution in [0, 0.1) is 0 Å². The normalized spacial score (nSPS) is 12.4. The molecule has 0 aliphatic rings. The van der Waals surface area contributed by atoms with Gasteiger partial charge < -0.3 is 10.7 Å². The molecule has 0 amide bonds. The van der Waals surface area contributed by atoms with Crippen LogP contribution in [-0.4, -0.2) is 24.5 Å². The molecule has 0 aliphatic carbocycles. The molecule has 1 atom stereocenters. The van der Waals surface area contributed by atoms with Crippen LogP contribution < -0.4 is 17.0 Å². The molecule has 29 heavy (non-hydrogen) atoms. The fourth-order valence-corrected chi connectivity index (χ4v) is 4.07. The molecule has 0 radical (unpaired) electrons. The van der Waals surface area contributed by atoms with E-state index in [4.69, 9.17) is 5.73 Å². The second-order valence-electron chi connectivity index (χ2n) is 7.01. The van der Waals surface area contributed by atoms with Crippen molar-refractivity contribution in [3.05, 3.63) is 73.1 Å². The van der Waals surface area contributed by atoms with Crippen LogP contribution in [0.4, 0.5) is 5.69 Å². The Labute approximate surface area is 170 Å². The second kappa shape index (κ2) is 8.04. The molecule has 4 N–H and O–H groups in total. The van der Waals surface area contributed by atoms with Crippen molar-refractivity contribution in [1.29, 1.82) is 0 Å². The van der Waals surface area contributed by atoms with E-state index >= 15 is 0 Å². The Morgan fingerprint density at radius 3 is 2.69 bits per heavy atom. The van der Waals surface area contributed by atoms with Gasteiger partial charge in [0, 0.05) is 23.5 Å². The van der Waals surface area contributed by atoms with Gasteiger partial charge in [-0.1, -0.05) is 19.1 Å². The predicted molar refractivity (Wildman–Crippen MR) is 114 cm³/mol. The number of hydrogen-bond acceptors (Lipinski definition) is 6. The van der Waals surface area contributed by atoms with E-state index in [1.807, 2.05) is 36.6 Å². The van der Waals surface area contributed by atoms with Crippen LogP contribution in [-0.2, 0) is 12.8 Å². The van der Waals surface area contributed by atoms with Crippen molar-refractivity contribution in [2.75, 3.05) is 5.73 Å². The molecular weight excluding hydrogens is 388 g/mol. The van der Waals surface area contributed by atoms with E-state index < -0.39 is 11.2 Å². The van der Waals surface area contributed by atoms with Gasteiger partial charge in [0.15, 0.2) is 5.65 Å². The molecule has 0 aliphatic heterocycles. The number of nitrogens with zero attached hydrogens (tertiary/aromatic N) is 3. The van der Waals surface area contributed by atoms with Gasteiger partial charge >= 0.3 is 5.69 Å². The molecule has 0 saturated carbocycles. The average molecular weight is 411 g/mol. The third-order valence-corrected chi connectivity index (χ3v) is 5.68. The number of nitrogens with two attached hydrogens (primary N) is 1. The Morgan fingerprint density at radius 1 is 1.21 bits per heavy atom. The lowest BCUT2D eigenvalue weighted by Crippen LogP contribution is -2.33. The van der Waals surface area contributed by atoms with Crippen molar-refractivity contribution in [3.8, 4) is 0 Å². The third-order valence-electron chi connectivity index (χ3n) is 5.04. The van der Waals surface area contributed by atoms with Gasteiger partial charge in [-0.25, -0.2) is 14.8 Å². The first kappa shape index (κ1) is 19.1. The van der Waals surface area contributed by atoms with Crippen molar-refractivity contribution in [2.24, 2.45) is 0 Å². The van der Waals surface area contributed by atoms with Gasteiger partial charge in [-0.15, -0.1) is 11.3 Å². The molecule has 1 aromatic carbocycles. The van der Waals surface area contributed by atoms with Crippen LogP contribution >= 0.6 is 11.3 Å². The van der Waals surface area contributed by atoms with E-state index in [0.717, 1.165) is 36.2 Å². The number of aromatic amines is 2. The van der Waals surface area contributed by atoms with E-state index in [1.165, 1.54) is 11.3 Å². The van der Waals surface area contributed by atoms with Crippen LogP contribution in [0.2, 0.25) is 0 Å². The summed E-state index contributed by atoms with van der Waals surface area (Å²) in [4.78, 5) is 39.3. The summed E-state index contributed by atoms with van der Waals surface area (Å²) in [6.07, 6.45) is 2.76. The number of thiazole rings is 1. The Hall–Kier alpha value is -3.20. The van der Waals surface area contributed by atoms with Gasteiger partial charge in [-0.3, -0.25) is 14.3 Å². The number of aryl methyl sites for hydroxylation is 1.